The average molecular weight is 772 g/mol. The summed E-state index contributed by atoms with van der Waals surface area (Å²) < 4.78 is 68.3. The highest BCUT2D eigenvalue weighted by atomic mass is 32.2. The first kappa shape index (κ1) is 38.0. The van der Waals surface area contributed by atoms with Crippen molar-refractivity contribution in [1.82, 2.24) is 25.2 Å². The van der Waals surface area contributed by atoms with E-state index >= 15 is 0 Å². The highest BCUT2D eigenvalue weighted by Crippen LogP contribution is 2.49. The van der Waals surface area contributed by atoms with Gasteiger partial charge in [0.15, 0.2) is 5.75 Å². The number of allylic oxidation sites excluding steroid dienone is 1. The maximum atomic E-state index is 14.6. The summed E-state index contributed by atoms with van der Waals surface area (Å²) in [5, 5.41) is 6.19. The molecule has 1 aromatic heterocycles. The lowest BCUT2D eigenvalue weighted by molar-refractivity contribution is -0.141. The van der Waals surface area contributed by atoms with Gasteiger partial charge in [-0.25, -0.2) is 27.0 Å². The number of benzene rings is 1. The number of alkyl halides is 2. The van der Waals surface area contributed by atoms with E-state index in [-0.39, 0.29) is 44.6 Å². The zero-order chi connectivity index (χ0) is 38.5. The molecule has 5 aliphatic rings. The molecule has 3 fully saturated rings. The van der Waals surface area contributed by atoms with Gasteiger partial charge in [0.2, 0.25) is 21.8 Å². The Labute approximate surface area is 313 Å². The minimum atomic E-state index is -4.04. The van der Waals surface area contributed by atoms with Gasteiger partial charge in [0, 0.05) is 23.3 Å². The topological polar surface area (TPSA) is 173 Å². The van der Waals surface area contributed by atoms with E-state index in [1.807, 2.05) is 19.1 Å². The Bertz CT molecular complexity index is 1990. The summed E-state index contributed by atoms with van der Waals surface area (Å²) in [7, 11) is -4.04. The molecule has 13 nitrogen and oxygen atoms in total. The number of aromatic nitrogens is 1. The van der Waals surface area contributed by atoms with E-state index in [0.29, 0.717) is 61.4 Å². The van der Waals surface area contributed by atoms with Crippen molar-refractivity contribution in [2.45, 2.75) is 125 Å². The SMILES string of the molecule is CCCOC(=O)N[C@H]1CCCCC/C=C\[C@@H]2C[C@@]2(C(=O)NS(=O)(=O)C2(C)CC2)NC(=O)[C@@H]2C[C@]3(CCc4c(c(C(F)F)nc5ccccc45)O3)CN2C1=O. The summed E-state index contributed by atoms with van der Waals surface area (Å²) in [6.07, 6.45) is 4.92. The minimum absolute atomic E-state index is 0.0783. The molecule has 4 heterocycles. The summed E-state index contributed by atoms with van der Waals surface area (Å²) in [4.78, 5) is 61.3. The van der Waals surface area contributed by atoms with Crippen molar-refractivity contribution in [3.63, 3.8) is 0 Å². The number of alkyl carbamates (subject to hydrolysis) is 1. The third kappa shape index (κ3) is 7.13. The monoisotopic (exact) mass is 771 g/mol. The van der Waals surface area contributed by atoms with Crippen LogP contribution in [0.5, 0.6) is 5.75 Å². The quantitative estimate of drug-likeness (QED) is 0.337. The number of hydrogen-bond acceptors (Lipinski definition) is 9. The van der Waals surface area contributed by atoms with Crippen LogP contribution < -0.4 is 20.1 Å². The maximum absolute atomic E-state index is 14.6. The fourth-order valence-corrected chi connectivity index (χ4v) is 9.34. The number of halogens is 2. The van der Waals surface area contributed by atoms with Gasteiger partial charge in [0.05, 0.1) is 23.4 Å². The van der Waals surface area contributed by atoms with Gasteiger partial charge in [-0.15, -0.1) is 0 Å². The Balaban J connectivity index is 1.24. The van der Waals surface area contributed by atoms with Crippen molar-refractivity contribution >= 4 is 44.7 Å². The van der Waals surface area contributed by atoms with Crippen molar-refractivity contribution in [2.24, 2.45) is 5.92 Å². The van der Waals surface area contributed by atoms with Crippen molar-refractivity contribution < 1.29 is 45.9 Å². The number of aryl methyl sites for hydroxylation is 1. The molecule has 0 unspecified atom stereocenters. The molecule has 1 aromatic carbocycles. The fraction of sp³-hybridized carbons (Fsp3) is 0.605. The number of sulfonamides is 1. The number of pyridine rings is 1. The molecule has 2 saturated carbocycles. The van der Waals surface area contributed by atoms with Gasteiger partial charge < -0.3 is 25.0 Å². The first-order chi connectivity index (χ1) is 25.7. The lowest BCUT2D eigenvalue weighted by atomic mass is 9.87. The first-order valence-electron chi connectivity index (χ1n) is 18.9. The number of carbonyl (C=O) groups is 4. The van der Waals surface area contributed by atoms with Gasteiger partial charge in [-0.2, -0.15) is 0 Å². The number of amides is 4. The van der Waals surface area contributed by atoms with E-state index in [0.717, 1.165) is 6.42 Å². The lowest BCUT2D eigenvalue weighted by Crippen LogP contribution is -2.58. The van der Waals surface area contributed by atoms with Gasteiger partial charge in [0.25, 0.3) is 12.3 Å². The predicted octanol–water partition coefficient (Wildman–Crippen LogP) is 4.74. The highest BCUT2D eigenvalue weighted by Gasteiger charge is 2.64. The highest BCUT2D eigenvalue weighted by molar-refractivity contribution is 7.91. The third-order valence-corrected chi connectivity index (χ3v) is 13.8. The summed E-state index contributed by atoms with van der Waals surface area (Å²) >= 11 is 0. The summed E-state index contributed by atoms with van der Waals surface area (Å²) in [5.41, 5.74) is -2.45. The van der Waals surface area contributed by atoms with Crippen LogP contribution in [0.15, 0.2) is 36.4 Å². The molecule has 2 aliphatic carbocycles. The van der Waals surface area contributed by atoms with Crippen LogP contribution in [0.25, 0.3) is 10.9 Å². The fourth-order valence-electron chi connectivity index (χ4n) is 8.03. The van der Waals surface area contributed by atoms with Crippen LogP contribution >= 0.6 is 0 Å². The Morgan fingerprint density at radius 1 is 1.13 bits per heavy atom. The molecule has 1 saturated heterocycles. The number of hydrogen-bond donors (Lipinski definition) is 3. The van der Waals surface area contributed by atoms with E-state index < -0.39 is 79.8 Å². The second-order valence-corrected chi connectivity index (χ2v) is 17.8. The zero-order valence-corrected chi connectivity index (χ0v) is 31.3. The minimum Gasteiger partial charge on any atom is -0.483 e. The molecule has 5 atom stereocenters. The number of carbonyl (C=O) groups excluding carboxylic acids is 4. The van der Waals surface area contributed by atoms with Gasteiger partial charge in [-0.1, -0.05) is 50.1 Å². The summed E-state index contributed by atoms with van der Waals surface area (Å²) in [5.74, 6) is -2.73. The smallest absolute Gasteiger partial charge is 0.407 e. The van der Waals surface area contributed by atoms with Crippen molar-refractivity contribution in [2.75, 3.05) is 13.2 Å². The standard InChI is InChI=1S/C38H47F2N5O8S/c1-3-19-52-35(49)42-27-14-8-6-4-5-7-11-23-20-38(23,34(48)44-54(50,51)36(2)17-18-36)43-32(46)28-21-37(22-45(28)33(27)47)16-15-25-24-12-9-10-13-26(24)41-29(31(39)40)30(25)53-37/h7,9-13,23,27-28,31H,3-6,8,14-22H2,1-2H3,(H,42,49)(H,43,46)(H,44,48)/b11-7-/t23-,27+,28+,37-,38-/m1/s1. The van der Waals surface area contributed by atoms with E-state index in [1.54, 1.807) is 31.2 Å². The lowest BCUT2D eigenvalue weighted by Gasteiger charge is -2.37. The van der Waals surface area contributed by atoms with Gasteiger partial charge in [0.1, 0.15) is 28.9 Å². The number of rotatable bonds is 7. The van der Waals surface area contributed by atoms with Crippen LogP contribution in [0.3, 0.4) is 0 Å². The van der Waals surface area contributed by atoms with E-state index in [1.165, 1.54) is 4.90 Å². The largest absolute Gasteiger partial charge is 0.483 e. The number of fused-ring (bicyclic) bond motifs is 5. The first-order valence-corrected chi connectivity index (χ1v) is 20.4. The zero-order valence-electron chi connectivity index (χ0n) is 30.5. The molecule has 3 aliphatic heterocycles. The molecule has 16 heteroatoms. The Kier molecular flexibility index (Phi) is 10.1. The molecular weight excluding hydrogens is 725 g/mol. The number of ether oxygens (including phenoxy) is 2. The molecule has 4 amide bonds. The Morgan fingerprint density at radius 2 is 1.91 bits per heavy atom. The Hall–Kier alpha value is -4.34. The van der Waals surface area contributed by atoms with Crippen LogP contribution in [0.1, 0.15) is 102 Å². The third-order valence-electron chi connectivity index (χ3n) is 11.7. The number of para-hydroxylation sites is 1. The molecule has 3 N–H and O–H groups in total. The van der Waals surface area contributed by atoms with Crippen LogP contribution in [-0.4, -0.2) is 83.2 Å². The average Bonchev–Trinajstić information content (AvgIpc) is 4.03. The maximum Gasteiger partial charge on any atom is 0.407 e. The van der Waals surface area contributed by atoms with Crippen molar-refractivity contribution in [1.29, 1.82) is 0 Å². The van der Waals surface area contributed by atoms with Crippen molar-refractivity contribution in [3.05, 3.63) is 47.7 Å². The van der Waals surface area contributed by atoms with Gasteiger partial charge >= 0.3 is 6.09 Å². The predicted molar refractivity (Wildman–Crippen MR) is 193 cm³/mol. The second kappa shape index (κ2) is 14.4. The van der Waals surface area contributed by atoms with Crippen LogP contribution in [0, 0.1) is 5.92 Å². The molecule has 0 bridgehead atoms. The van der Waals surface area contributed by atoms with E-state index in [4.69, 9.17) is 9.47 Å². The summed E-state index contributed by atoms with van der Waals surface area (Å²) in [6, 6.07) is 4.61. The van der Waals surface area contributed by atoms with Crippen molar-refractivity contribution in [3.8, 4) is 5.75 Å². The van der Waals surface area contributed by atoms with Gasteiger partial charge in [-0.05, 0) is 70.8 Å². The van der Waals surface area contributed by atoms with E-state index in [9.17, 15) is 36.4 Å². The second-order valence-electron chi connectivity index (χ2n) is 15.6. The number of nitrogens with zero attached hydrogens (tertiary/aromatic N) is 2. The molecule has 2 aromatic rings. The molecule has 0 radical (unpaired) electrons. The molecule has 292 valence electrons. The van der Waals surface area contributed by atoms with Crippen LogP contribution in [0.2, 0.25) is 0 Å². The van der Waals surface area contributed by atoms with Crippen LogP contribution in [-0.2, 0) is 35.6 Å². The normalized spacial score (nSPS) is 29.8. The van der Waals surface area contributed by atoms with E-state index in [2.05, 4.69) is 20.3 Å². The molecule has 7 rings (SSSR count). The summed E-state index contributed by atoms with van der Waals surface area (Å²) in [6.45, 7) is 3.36. The van der Waals surface area contributed by atoms with Crippen LogP contribution in [0.4, 0.5) is 13.6 Å². The number of nitrogens with one attached hydrogen (secondary N) is 3. The molecular formula is C38H47F2N5O8S. The Morgan fingerprint density at radius 3 is 2.65 bits per heavy atom. The molecule has 54 heavy (non-hydrogen) atoms. The molecule has 1 spiro atoms. The van der Waals surface area contributed by atoms with Gasteiger partial charge in [-0.3, -0.25) is 19.1 Å².